The van der Waals surface area contributed by atoms with Gasteiger partial charge < -0.3 is 0 Å². The van der Waals surface area contributed by atoms with Crippen LogP contribution in [0.5, 0.6) is 0 Å². The van der Waals surface area contributed by atoms with Crippen molar-refractivity contribution in [2.75, 3.05) is 0 Å². The molecule has 0 amide bonds. The van der Waals surface area contributed by atoms with Gasteiger partial charge in [-0.05, 0) is 36.9 Å². The van der Waals surface area contributed by atoms with Crippen molar-refractivity contribution in [3.8, 4) is 11.3 Å². The minimum Gasteiger partial charge on any atom is -0.198 e. The molecule has 2 rings (SSSR count). The third-order valence-corrected chi connectivity index (χ3v) is 6.12. The van der Waals surface area contributed by atoms with Gasteiger partial charge in [0.25, 0.3) is 0 Å². The summed E-state index contributed by atoms with van der Waals surface area (Å²) in [5, 5.41) is 0.798. The number of nitrogens with zero attached hydrogens (tertiary/aromatic N) is 1. The number of rotatable bonds is 4. The summed E-state index contributed by atoms with van der Waals surface area (Å²) in [7, 11) is -0.278. The van der Waals surface area contributed by atoms with Crippen LogP contribution < -0.4 is 9.75 Å². The van der Waals surface area contributed by atoms with E-state index in [1.54, 1.807) is 11.6 Å². The molecule has 0 radical (unpaired) electrons. The molecule has 124 valence electrons. The van der Waals surface area contributed by atoms with Crippen molar-refractivity contribution in [3.05, 3.63) is 47.2 Å². The first kappa shape index (κ1) is 12.0. The molecule has 1 aromatic heterocycles. The average molecular weight is 332 g/mol. The Bertz CT molecular complexity index is 880. The van der Waals surface area contributed by atoms with Gasteiger partial charge in [0.05, 0.1) is 8.07 Å². The average Bonchev–Trinajstić information content (AvgIpc) is 2.52. The summed E-state index contributed by atoms with van der Waals surface area (Å²) in [4.78, 5) is 0. The van der Waals surface area contributed by atoms with Gasteiger partial charge in [-0.2, -0.15) is 4.57 Å². The fourth-order valence-electron chi connectivity index (χ4n) is 2.91. The smallest absolute Gasteiger partial charge is 0.198 e. The van der Waals surface area contributed by atoms with Gasteiger partial charge in [0.1, 0.15) is 7.05 Å². The Labute approximate surface area is 150 Å². The highest BCUT2D eigenvalue weighted by atomic mass is 28.3. The third kappa shape index (κ3) is 3.74. The lowest BCUT2D eigenvalue weighted by Crippen LogP contribution is -2.50. The van der Waals surface area contributed by atoms with Gasteiger partial charge in [0, 0.05) is 30.0 Å². The Morgan fingerprint density at radius 2 is 1.87 bits per heavy atom. The van der Waals surface area contributed by atoms with Crippen LogP contribution >= 0.6 is 0 Å². The van der Waals surface area contributed by atoms with Crippen LogP contribution in [0.4, 0.5) is 0 Å². The number of hydrogen-bond acceptors (Lipinski definition) is 0. The van der Waals surface area contributed by atoms with Crippen LogP contribution in [-0.4, -0.2) is 8.07 Å². The fourth-order valence-corrected chi connectivity index (χ4v) is 4.37. The molecule has 0 saturated carbocycles. The van der Waals surface area contributed by atoms with Crippen molar-refractivity contribution < 1.29 is 11.4 Å². The highest BCUT2D eigenvalue weighted by Crippen LogP contribution is 2.26. The number of aromatic nitrogens is 1. The lowest BCUT2D eigenvalue weighted by molar-refractivity contribution is -0.666. The molecule has 1 aromatic carbocycles. The molecule has 0 aliphatic carbocycles. The van der Waals surface area contributed by atoms with Crippen molar-refractivity contribution in [3.63, 3.8) is 0 Å². The maximum Gasteiger partial charge on any atom is 0.215 e. The first-order chi connectivity index (χ1) is 12.6. The van der Waals surface area contributed by atoms with Crippen LogP contribution in [0.15, 0.2) is 30.3 Å². The Morgan fingerprint density at radius 1 is 1.22 bits per heavy atom. The molecule has 0 N–H and O–H groups in total. The van der Waals surface area contributed by atoms with Crippen LogP contribution in [0, 0.1) is 19.7 Å². The standard InChI is InChI=1S/C21H32NSi/c1-15(2)13-18-14-20(23(6,7)8)17(4)22(5)21(18)19-12-10-9-11-16(19)3/h9-12,14-15H,13H2,1-8H3/q+1/i4D3,13D2. The molecule has 2 aromatic rings. The first-order valence-electron chi connectivity index (χ1n) is 10.7. The SMILES string of the molecule is [2H]C([2H])([2H])c1c([Si](C)(C)C)cc(C([2H])([2H])C(C)C)c(-c2ccccc2C)[n+]1C. The first-order valence-corrected chi connectivity index (χ1v) is 11.7. The monoisotopic (exact) mass is 331 g/mol. The zero-order valence-electron chi connectivity index (χ0n) is 20.4. The normalized spacial score (nSPS) is 16.4. The summed E-state index contributed by atoms with van der Waals surface area (Å²) in [6.45, 7) is 9.77. The lowest BCUT2D eigenvalue weighted by Gasteiger charge is -2.21. The largest absolute Gasteiger partial charge is 0.215 e. The molecular formula is C21H32NSi+. The number of benzene rings is 1. The second-order valence-electron chi connectivity index (χ2n) is 7.59. The maximum absolute atomic E-state index is 8.83. The zero-order valence-corrected chi connectivity index (χ0v) is 16.4. The Kier molecular flexibility index (Phi) is 3.45. The highest BCUT2D eigenvalue weighted by Gasteiger charge is 2.29. The summed E-state index contributed by atoms with van der Waals surface area (Å²) in [5.74, 6) is -0.247. The summed E-state index contributed by atoms with van der Waals surface area (Å²) in [6, 6.07) is 9.64. The van der Waals surface area contributed by atoms with Gasteiger partial charge in [0.2, 0.25) is 5.69 Å². The molecule has 0 saturated heterocycles. The van der Waals surface area contributed by atoms with E-state index in [1.165, 1.54) is 0 Å². The van der Waals surface area contributed by atoms with E-state index in [9.17, 15) is 0 Å². The molecule has 0 bridgehead atoms. The van der Waals surface area contributed by atoms with Crippen LogP contribution in [0.25, 0.3) is 11.3 Å². The van der Waals surface area contributed by atoms with Crippen molar-refractivity contribution in [1.29, 1.82) is 0 Å². The number of hydrogen-bond donors (Lipinski definition) is 0. The van der Waals surface area contributed by atoms with E-state index in [1.807, 2.05) is 51.1 Å². The Hall–Kier alpha value is -1.41. The predicted molar refractivity (Wildman–Crippen MR) is 104 cm³/mol. The van der Waals surface area contributed by atoms with Crippen molar-refractivity contribution in [1.82, 2.24) is 0 Å². The van der Waals surface area contributed by atoms with E-state index in [0.29, 0.717) is 17.0 Å². The van der Waals surface area contributed by atoms with Gasteiger partial charge in [-0.15, -0.1) is 0 Å². The second-order valence-corrected chi connectivity index (χ2v) is 12.6. The van der Waals surface area contributed by atoms with Gasteiger partial charge >= 0.3 is 0 Å². The van der Waals surface area contributed by atoms with Crippen LogP contribution in [0.1, 0.15) is 37.5 Å². The van der Waals surface area contributed by atoms with E-state index in [0.717, 1.165) is 16.3 Å². The van der Waals surface area contributed by atoms with Crippen LogP contribution in [0.2, 0.25) is 19.6 Å². The van der Waals surface area contributed by atoms with E-state index in [2.05, 4.69) is 19.6 Å². The van der Waals surface area contributed by atoms with E-state index in [4.69, 9.17) is 6.85 Å². The quantitative estimate of drug-likeness (QED) is 0.572. The van der Waals surface area contributed by atoms with Crippen LogP contribution in [0.3, 0.4) is 0 Å². The lowest BCUT2D eigenvalue weighted by atomic mass is 9.95. The van der Waals surface area contributed by atoms with Gasteiger partial charge in [0.15, 0.2) is 5.69 Å². The third-order valence-electron chi connectivity index (χ3n) is 4.12. The molecular weight excluding hydrogens is 294 g/mol. The van der Waals surface area contributed by atoms with E-state index >= 15 is 0 Å². The molecule has 0 aliphatic rings. The van der Waals surface area contributed by atoms with E-state index < -0.39 is 21.3 Å². The molecule has 0 fully saturated rings. The summed E-state index contributed by atoms with van der Waals surface area (Å²) >= 11 is 0. The summed E-state index contributed by atoms with van der Waals surface area (Å²) in [5.41, 5.74) is 3.43. The maximum atomic E-state index is 8.83. The van der Waals surface area contributed by atoms with Gasteiger partial charge in [-0.3, -0.25) is 0 Å². The number of pyridine rings is 1. The topological polar surface area (TPSA) is 3.88 Å². The fraction of sp³-hybridized carbons (Fsp3) is 0.476. The van der Waals surface area contributed by atoms with Crippen molar-refractivity contribution in [2.24, 2.45) is 13.0 Å². The zero-order chi connectivity index (χ0) is 21.7. The molecule has 0 spiro atoms. The predicted octanol–water partition coefficient (Wildman–Crippen LogP) is 4.54. The molecule has 0 unspecified atom stereocenters. The van der Waals surface area contributed by atoms with Gasteiger partial charge in [-0.1, -0.05) is 51.7 Å². The summed E-state index contributed by atoms with van der Waals surface area (Å²) < 4.78 is 44.0. The summed E-state index contributed by atoms with van der Waals surface area (Å²) in [6.07, 6.45) is -1.59. The molecule has 23 heavy (non-hydrogen) atoms. The van der Waals surface area contributed by atoms with E-state index in [-0.39, 0.29) is 5.92 Å². The number of aryl methyl sites for hydroxylation is 1. The molecule has 0 aliphatic heterocycles. The molecule has 0 atom stereocenters. The molecule has 1 heterocycles. The Balaban J connectivity index is 3.11. The highest BCUT2D eigenvalue weighted by molar-refractivity contribution is 6.88. The van der Waals surface area contributed by atoms with Gasteiger partial charge in [-0.25, -0.2) is 0 Å². The van der Waals surface area contributed by atoms with Crippen molar-refractivity contribution in [2.45, 2.75) is 53.6 Å². The minimum absolute atomic E-state index is 0.247. The minimum atomic E-state index is -2.27. The Morgan fingerprint density at radius 3 is 2.39 bits per heavy atom. The van der Waals surface area contributed by atoms with Crippen molar-refractivity contribution >= 4 is 13.3 Å². The molecule has 2 heteroatoms. The second kappa shape index (κ2) is 6.60. The molecule has 1 nitrogen and oxygen atoms in total. The van der Waals surface area contributed by atoms with Crippen LogP contribution in [-0.2, 0) is 13.4 Å².